The number of hydrogen-bond donors (Lipinski definition) is 0. The fourth-order valence-corrected chi connectivity index (χ4v) is 4.55. The van der Waals surface area contributed by atoms with E-state index in [0.29, 0.717) is 16.3 Å². The number of fused-ring (bicyclic) bond motifs is 1. The van der Waals surface area contributed by atoms with Crippen molar-refractivity contribution in [3.63, 3.8) is 0 Å². The standard InChI is InChI=1S/C19H21ClN2O3S.ClH/c1-21(2)10-9-14-13-22(19-8-7-16(25-3)12-18(14)19)26(23,24)17-6-4-5-15(20)11-17;/h4-8,11-13H,9-10H2,1-3H3;1H. The van der Waals surface area contributed by atoms with E-state index in [-0.39, 0.29) is 17.3 Å². The smallest absolute Gasteiger partial charge is 0.268 e. The van der Waals surface area contributed by atoms with Crippen molar-refractivity contribution in [2.75, 3.05) is 27.7 Å². The number of aromatic nitrogens is 1. The number of hydrogen-bond acceptors (Lipinski definition) is 4. The van der Waals surface area contributed by atoms with E-state index in [9.17, 15) is 8.42 Å². The highest BCUT2D eigenvalue weighted by Gasteiger charge is 2.22. The van der Waals surface area contributed by atoms with Crippen LogP contribution in [0.2, 0.25) is 5.02 Å². The second-order valence-corrected chi connectivity index (χ2v) is 8.60. The van der Waals surface area contributed by atoms with E-state index in [0.717, 1.165) is 23.9 Å². The first-order valence-electron chi connectivity index (χ1n) is 8.17. The number of nitrogens with zero attached hydrogens (tertiary/aromatic N) is 2. The molecule has 27 heavy (non-hydrogen) atoms. The third kappa shape index (κ3) is 4.41. The Balaban J connectivity index is 0.00000261. The van der Waals surface area contributed by atoms with Crippen LogP contribution >= 0.6 is 24.0 Å². The minimum absolute atomic E-state index is 0. The highest BCUT2D eigenvalue weighted by atomic mass is 35.5. The molecule has 0 N–H and O–H groups in total. The van der Waals surface area contributed by atoms with Crippen LogP contribution in [0.4, 0.5) is 0 Å². The summed E-state index contributed by atoms with van der Waals surface area (Å²) in [6.45, 7) is 0.813. The van der Waals surface area contributed by atoms with Gasteiger partial charge in [0.2, 0.25) is 0 Å². The molecule has 0 aliphatic rings. The number of likely N-dealkylation sites (N-methyl/N-ethyl adjacent to an activating group) is 1. The predicted octanol–water partition coefficient (Wildman–Crippen LogP) is 4.07. The lowest BCUT2D eigenvalue weighted by atomic mass is 10.1. The molecule has 0 amide bonds. The SMILES string of the molecule is COc1ccc2c(c1)c(CCN(C)C)cn2S(=O)(=O)c1cccc(Cl)c1.Cl. The summed E-state index contributed by atoms with van der Waals surface area (Å²) in [6, 6.07) is 11.7. The molecule has 1 heterocycles. The average molecular weight is 429 g/mol. The van der Waals surface area contributed by atoms with Gasteiger partial charge in [0, 0.05) is 23.2 Å². The molecule has 8 heteroatoms. The molecule has 3 rings (SSSR count). The third-order valence-corrected chi connectivity index (χ3v) is 6.15. The lowest BCUT2D eigenvalue weighted by molar-refractivity contribution is 0.413. The Hall–Kier alpha value is -1.73. The summed E-state index contributed by atoms with van der Waals surface area (Å²) in [7, 11) is 1.83. The molecular weight excluding hydrogens is 407 g/mol. The van der Waals surface area contributed by atoms with Gasteiger partial charge in [-0.1, -0.05) is 17.7 Å². The molecule has 5 nitrogen and oxygen atoms in total. The van der Waals surface area contributed by atoms with E-state index in [1.54, 1.807) is 43.6 Å². The van der Waals surface area contributed by atoms with Crippen LogP contribution in [0.3, 0.4) is 0 Å². The molecule has 0 aliphatic heterocycles. The van der Waals surface area contributed by atoms with Gasteiger partial charge >= 0.3 is 0 Å². The maximum absolute atomic E-state index is 13.2. The largest absolute Gasteiger partial charge is 0.497 e. The number of ether oxygens (including phenoxy) is 1. The first-order valence-corrected chi connectivity index (χ1v) is 9.98. The maximum atomic E-state index is 13.2. The van der Waals surface area contributed by atoms with E-state index in [4.69, 9.17) is 16.3 Å². The van der Waals surface area contributed by atoms with Crippen molar-refractivity contribution in [3.8, 4) is 5.75 Å². The number of benzene rings is 2. The third-order valence-electron chi connectivity index (χ3n) is 4.24. The molecule has 0 unspecified atom stereocenters. The van der Waals surface area contributed by atoms with E-state index in [1.165, 1.54) is 10.0 Å². The van der Waals surface area contributed by atoms with Gasteiger partial charge in [-0.3, -0.25) is 0 Å². The van der Waals surface area contributed by atoms with Crippen molar-refractivity contribution in [1.82, 2.24) is 8.87 Å². The summed E-state index contributed by atoms with van der Waals surface area (Å²) in [6.07, 6.45) is 2.43. The molecule has 146 valence electrons. The second-order valence-electron chi connectivity index (χ2n) is 6.35. The Morgan fingerprint density at radius 1 is 1.15 bits per heavy atom. The van der Waals surface area contributed by atoms with Crippen LogP contribution in [0.25, 0.3) is 10.9 Å². The molecule has 2 aromatic carbocycles. The maximum Gasteiger partial charge on any atom is 0.268 e. The van der Waals surface area contributed by atoms with E-state index in [1.807, 2.05) is 20.2 Å². The van der Waals surface area contributed by atoms with Gasteiger partial charge in [-0.25, -0.2) is 12.4 Å². The molecule has 0 fully saturated rings. The fourth-order valence-electron chi connectivity index (χ4n) is 2.86. The van der Waals surface area contributed by atoms with Crippen molar-refractivity contribution in [1.29, 1.82) is 0 Å². The Bertz CT molecular complexity index is 1050. The van der Waals surface area contributed by atoms with Crippen molar-refractivity contribution in [3.05, 3.63) is 59.2 Å². The summed E-state index contributed by atoms with van der Waals surface area (Å²) in [4.78, 5) is 2.23. The van der Waals surface area contributed by atoms with Crippen LogP contribution in [0.5, 0.6) is 5.75 Å². The van der Waals surface area contributed by atoms with Crippen molar-refractivity contribution >= 4 is 44.9 Å². The Morgan fingerprint density at radius 2 is 1.89 bits per heavy atom. The molecule has 0 aliphatic carbocycles. The van der Waals surface area contributed by atoms with Gasteiger partial charge in [-0.05, 0) is 62.5 Å². The average Bonchev–Trinajstić information content (AvgIpc) is 2.98. The molecule has 1 aromatic heterocycles. The quantitative estimate of drug-likeness (QED) is 0.593. The van der Waals surface area contributed by atoms with Gasteiger partial charge in [-0.15, -0.1) is 12.4 Å². The zero-order valence-corrected chi connectivity index (χ0v) is 17.7. The van der Waals surface area contributed by atoms with Crippen LogP contribution in [0.15, 0.2) is 53.6 Å². The molecule has 0 spiro atoms. The minimum Gasteiger partial charge on any atom is -0.497 e. The lowest BCUT2D eigenvalue weighted by Gasteiger charge is -2.08. The molecule has 3 aromatic rings. The number of methoxy groups -OCH3 is 1. The van der Waals surface area contributed by atoms with Gasteiger partial charge in [0.05, 0.1) is 17.5 Å². The zero-order chi connectivity index (χ0) is 18.9. The lowest BCUT2D eigenvalue weighted by Crippen LogP contribution is -2.15. The van der Waals surface area contributed by atoms with E-state index < -0.39 is 10.0 Å². The first kappa shape index (κ1) is 21.6. The van der Waals surface area contributed by atoms with Gasteiger partial charge in [-0.2, -0.15) is 0 Å². The van der Waals surface area contributed by atoms with Crippen molar-refractivity contribution in [2.24, 2.45) is 0 Å². The molecule has 0 bridgehead atoms. The zero-order valence-electron chi connectivity index (χ0n) is 15.3. The van der Waals surface area contributed by atoms with Crippen LogP contribution in [-0.2, 0) is 16.4 Å². The highest BCUT2D eigenvalue weighted by Crippen LogP contribution is 2.30. The summed E-state index contributed by atoms with van der Waals surface area (Å²) in [5, 5.41) is 1.26. The molecule has 0 radical (unpaired) electrons. The Kier molecular flexibility index (Phi) is 6.81. The second kappa shape index (κ2) is 8.52. The van der Waals surface area contributed by atoms with Gasteiger partial charge < -0.3 is 9.64 Å². The monoisotopic (exact) mass is 428 g/mol. The summed E-state index contributed by atoms with van der Waals surface area (Å²) >= 11 is 5.99. The Morgan fingerprint density at radius 3 is 2.52 bits per heavy atom. The van der Waals surface area contributed by atoms with Crippen molar-refractivity contribution in [2.45, 2.75) is 11.3 Å². The van der Waals surface area contributed by atoms with Crippen LogP contribution in [-0.4, -0.2) is 45.0 Å². The van der Waals surface area contributed by atoms with E-state index >= 15 is 0 Å². The van der Waals surface area contributed by atoms with Gasteiger partial charge in [0.1, 0.15) is 5.75 Å². The first-order chi connectivity index (χ1) is 12.3. The summed E-state index contributed by atoms with van der Waals surface area (Å²) in [5.41, 5.74) is 1.58. The van der Waals surface area contributed by atoms with Crippen molar-refractivity contribution < 1.29 is 13.2 Å². The number of halogens is 2. The summed E-state index contributed by atoms with van der Waals surface area (Å²) in [5.74, 6) is 0.696. The van der Waals surface area contributed by atoms with Crippen LogP contribution in [0, 0.1) is 0 Å². The molecule has 0 saturated carbocycles. The topological polar surface area (TPSA) is 51.5 Å². The van der Waals surface area contributed by atoms with Crippen LogP contribution < -0.4 is 4.74 Å². The van der Waals surface area contributed by atoms with Gasteiger partial charge in [0.25, 0.3) is 10.0 Å². The Labute approximate surface area is 171 Å². The minimum atomic E-state index is -3.75. The molecule has 0 atom stereocenters. The van der Waals surface area contributed by atoms with Crippen LogP contribution in [0.1, 0.15) is 5.56 Å². The van der Waals surface area contributed by atoms with Gasteiger partial charge in [0.15, 0.2) is 0 Å². The van der Waals surface area contributed by atoms with E-state index in [2.05, 4.69) is 4.90 Å². The fraction of sp³-hybridized carbons (Fsp3) is 0.263. The normalized spacial score (nSPS) is 11.6. The molecule has 0 saturated heterocycles. The number of rotatable bonds is 6. The predicted molar refractivity (Wildman–Crippen MR) is 112 cm³/mol. The molecular formula is C19H22Cl2N2O3S. The summed E-state index contributed by atoms with van der Waals surface area (Å²) < 4.78 is 33.0. The highest BCUT2D eigenvalue weighted by molar-refractivity contribution is 7.90.